The van der Waals surface area contributed by atoms with Crippen LogP contribution in [-0.2, 0) is 0 Å². The van der Waals surface area contributed by atoms with Crippen molar-refractivity contribution in [1.29, 1.82) is 0 Å². The number of anilines is 1. The second kappa shape index (κ2) is 6.68. The van der Waals surface area contributed by atoms with Gasteiger partial charge >= 0.3 is 0 Å². The summed E-state index contributed by atoms with van der Waals surface area (Å²) in [6, 6.07) is 3.97. The number of hydrogen-bond donors (Lipinski definition) is 2. The van der Waals surface area contributed by atoms with Crippen LogP contribution in [0.3, 0.4) is 0 Å². The summed E-state index contributed by atoms with van der Waals surface area (Å²) in [5, 5.41) is 11.9. The molecular formula is C10H16N2OS. The maximum atomic E-state index is 8.69. The third kappa shape index (κ3) is 3.98. The largest absolute Gasteiger partial charge is 0.396 e. The Hall–Kier alpha value is -0.740. The van der Waals surface area contributed by atoms with E-state index in [9.17, 15) is 0 Å². The lowest BCUT2D eigenvalue weighted by Gasteiger charge is -2.05. The lowest BCUT2D eigenvalue weighted by molar-refractivity contribution is 0.322. The van der Waals surface area contributed by atoms with Gasteiger partial charge in [-0.25, -0.2) is 4.98 Å². The minimum Gasteiger partial charge on any atom is -0.396 e. The van der Waals surface area contributed by atoms with Crippen LogP contribution in [0.5, 0.6) is 0 Å². The van der Waals surface area contributed by atoms with Crippen molar-refractivity contribution < 1.29 is 5.11 Å². The van der Waals surface area contributed by atoms with E-state index in [-0.39, 0.29) is 6.61 Å². The molecule has 0 atom stereocenters. The van der Waals surface area contributed by atoms with E-state index < -0.39 is 0 Å². The molecule has 1 aromatic heterocycles. The minimum absolute atomic E-state index is 0.213. The highest BCUT2D eigenvalue weighted by atomic mass is 32.2. The molecule has 0 aromatic carbocycles. The fourth-order valence-electron chi connectivity index (χ4n) is 1.01. The first kappa shape index (κ1) is 11.3. The second-order valence-electron chi connectivity index (χ2n) is 2.88. The molecule has 4 heteroatoms. The van der Waals surface area contributed by atoms with Crippen LogP contribution in [0.1, 0.15) is 13.3 Å². The molecule has 2 N–H and O–H groups in total. The molecule has 0 radical (unpaired) electrons. The van der Waals surface area contributed by atoms with Gasteiger partial charge in [0, 0.05) is 23.4 Å². The van der Waals surface area contributed by atoms with Crippen molar-refractivity contribution >= 4 is 17.6 Å². The Labute approximate surface area is 88.9 Å². The first-order chi connectivity index (χ1) is 6.86. The summed E-state index contributed by atoms with van der Waals surface area (Å²) in [6.07, 6.45) is 2.88. The van der Waals surface area contributed by atoms with E-state index in [1.807, 2.05) is 12.1 Å². The normalized spacial score (nSPS) is 10.1. The fourth-order valence-corrected chi connectivity index (χ4v) is 1.69. The van der Waals surface area contributed by atoms with Crippen LogP contribution < -0.4 is 5.32 Å². The highest BCUT2D eigenvalue weighted by molar-refractivity contribution is 7.99. The third-order valence-electron chi connectivity index (χ3n) is 1.65. The maximum absolute atomic E-state index is 8.69. The molecule has 0 fully saturated rings. The van der Waals surface area contributed by atoms with E-state index in [0.717, 1.165) is 29.4 Å². The molecule has 1 aromatic rings. The number of thioether (sulfide) groups is 1. The standard InChI is InChI=1S/C10H16N2OS/c1-2-4-11-10-8-9(3-5-12-10)14-7-6-13/h3,5,8,13H,2,4,6-7H2,1H3,(H,11,12). The summed E-state index contributed by atoms with van der Waals surface area (Å²) in [7, 11) is 0. The number of aromatic nitrogens is 1. The summed E-state index contributed by atoms with van der Waals surface area (Å²) in [5.41, 5.74) is 0. The quantitative estimate of drug-likeness (QED) is 0.708. The third-order valence-corrected chi connectivity index (χ3v) is 2.62. The van der Waals surface area contributed by atoms with Gasteiger partial charge in [0.15, 0.2) is 0 Å². The van der Waals surface area contributed by atoms with Gasteiger partial charge in [-0.3, -0.25) is 0 Å². The van der Waals surface area contributed by atoms with Gasteiger partial charge < -0.3 is 10.4 Å². The van der Waals surface area contributed by atoms with Gasteiger partial charge in [0.05, 0.1) is 6.61 Å². The molecule has 0 bridgehead atoms. The van der Waals surface area contributed by atoms with Crippen LogP contribution in [0.15, 0.2) is 23.2 Å². The first-order valence-electron chi connectivity index (χ1n) is 4.80. The summed E-state index contributed by atoms with van der Waals surface area (Å²) < 4.78 is 0. The van der Waals surface area contributed by atoms with Crippen molar-refractivity contribution in [2.45, 2.75) is 18.2 Å². The first-order valence-corrected chi connectivity index (χ1v) is 5.79. The van der Waals surface area contributed by atoms with Crippen LogP contribution in [0, 0.1) is 0 Å². The molecule has 78 valence electrons. The van der Waals surface area contributed by atoms with Gasteiger partial charge in [-0.2, -0.15) is 0 Å². The van der Waals surface area contributed by atoms with Crippen molar-refractivity contribution in [3.8, 4) is 0 Å². The molecular weight excluding hydrogens is 196 g/mol. The van der Waals surface area contributed by atoms with Crippen molar-refractivity contribution in [1.82, 2.24) is 4.98 Å². The molecule has 0 aliphatic carbocycles. The predicted octanol–water partition coefficient (Wildman–Crippen LogP) is 1.99. The molecule has 0 saturated heterocycles. The van der Waals surface area contributed by atoms with E-state index in [1.54, 1.807) is 18.0 Å². The average Bonchev–Trinajstić information content (AvgIpc) is 2.24. The molecule has 0 aliphatic heterocycles. The zero-order valence-corrected chi connectivity index (χ0v) is 9.18. The number of nitrogens with one attached hydrogen (secondary N) is 1. The summed E-state index contributed by atoms with van der Waals surface area (Å²) in [4.78, 5) is 5.34. The maximum Gasteiger partial charge on any atom is 0.126 e. The highest BCUT2D eigenvalue weighted by Gasteiger charge is 1.96. The van der Waals surface area contributed by atoms with Crippen LogP contribution >= 0.6 is 11.8 Å². The van der Waals surface area contributed by atoms with Crippen LogP contribution in [0.2, 0.25) is 0 Å². The molecule has 0 unspecified atom stereocenters. The van der Waals surface area contributed by atoms with E-state index in [4.69, 9.17) is 5.11 Å². The average molecular weight is 212 g/mol. The van der Waals surface area contributed by atoms with Crippen LogP contribution in [0.25, 0.3) is 0 Å². The topological polar surface area (TPSA) is 45.1 Å². The smallest absolute Gasteiger partial charge is 0.126 e. The minimum atomic E-state index is 0.213. The molecule has 14 heavy (non-hydrogen) atoms. The number of nitrogens with zero attached hydrogens (tertiary/aromatic N) is 1. The van der Waals surface area contributed by atoms with Gasteiger partial charge in [0.1, 0.15) is 5.82 Å². The Bertz CT molecular complexity index is 245. The van der Waals surface area contributed by atoms with E-state index in [0.29, 0.717) is 0 Å². The van der Waals surface area contributed by atoms with Crippen molar-refractivity contribution in [3.05, 3.63) is 18.3 Å². The molecule has 0 spiro atoms. The number of aliphatic hydroxyl groups is 1. The fraction of sp³-hybridized carbons (Fsp3) is 0.500. The van der Waals surface area contributed by atoms with Crippen molar-refractivity contribution in [2.24, 2.45) is 0 Å². The molecule has 1 rings (SSSR count). The zero-order valence-electron chi connectivity index (χ0n) is 8.36. The number of hydrogen-bond acceptors (Lipinski definition) is 4. The van der Waals surface area contributed by atoms with Gasteiger partial charge in [0.25, 0.3) is 0 Å². The number of aliphatic hydroxyl groups excluding tert-OH is 1. The number of pyridine rings is 1. The monoisotopic (exact) mass is 212 g/mol. The van der Waals surface area contributed by atoms with Crippen molar-refractivity contribution in [2.75, 3.05) is 24.2 Å². The Balaban J connectivity index is 2.50. The van der Waals surface area contributed by atoms with E-state index >= 15 is 0 Å². The molecule has 0 amide bonds. The summed E-state index contributed by atoms with van der Waals surface area (Å²) in [5.74, 6) is 1.65. The Morgan fingerprint density at radius 2 is 2.43 bits per heavy atom. The summed E-state index contributed by atoms with van der Waals surface area (Å²) in [6.45, 7) is 3.28. The van der Waals surface area contributed by atoms with E-state index in [2.05, 4.69) is 17.2 Å². The number of rotatable bonds is 6. The van der Waals surface area contributed by atoms with Gasteiger partial charge in [-0.15, -0.1) is 11.8 Å². The lowest BCUT2D eigenvalue weighted by atomic mass is 10.4. The second-order valence-corrected chi connectivity index (χ2v) is 4.04. The molecule has 1 heterocycles. The van der Waals surface area contributed by atoms with Crippen molar-refractivity contribution in [3.63, 3.8) is 0 Å². The molecule has 0 saturated carbocycles. The Kier molecular flexibility index (Phi) is 5.40. The van der Waals surface area contributed by atoms with E-state index in [1.165, 1.54) is 0 Å². The van der Waals surface area contributed by atoms with Gasteiger partial charge in [-0.05, 0) is 18.6 Å². The zero-order chi connectivity index (χ0) is 10.2. The van der Waals surface area contributed by atoms with Crippen LogP contribution in [0.4, 0.5) is 5.82 Å². The van der Waals surface area contributed by atoms with Crippen LogP contribution in [-0.4, -0.2) is 29.0 Å². The molecule has 0 aliphatic rings. The SMILES string of the molecule is CCCNc1cc(SCCO)ccn1. The Morgan fingerprint density at radius 1 is 1.57 bits per heavy atom. The highest BCUT2D eigenvalue weighted by Crippen LogP contribution is 2.19. The predicted molar refractivity (Wildman–Crippen MR) is 60.8 cm³/mol. The van der Waals surface area contributed by atoms with Gasteiger partial charge in [-0.1, -0.05) is 6.92 Å². The Morgan fingerprint density at radius 3 is 3.14 bits per heavy atom. The lowest BCUT2D eigenvalue weighted by Crippen LogP contribution is -2.01. The molecule has 3 nitrogen and oxygen atoms in total. The summed E-state index contributed by atoms with van der Waals surface area (Å²) >= 11 is 1.64. The van der Waals surface area contributed by atoms with Gasteiger partial charge in [0.2, 0.25) is 0 Å².